The van der Waals surface area contributed by atoms with E-state index in [-0.39, 0.29) is 11.4 Å². The number of carboxylic acid groups (broad SMARTS) is 1. The zero-order valence-corrected chi connectivity index (χ0v) is 12.3. The van der Waals surface area contributed by atoms with Gasteiger partial charge in [0.25, 0.3) is 0 Å². The van der Waals surface area contributed by atoms with Crippen molar-refractivity contribution in [3.05, 3.63) is 53.4 Å². The van der Waals surface area contributed by atoms with E-state index in [1.54, 1.807) is 12.1 Å². The Labute approximate surface area is 126 Å². The number of sulfonamides is 1. The number of aliphatic carboxylic acids is 1. The average Bonchev–Trinajstić information content (AvgIpc) is 2.91. The highest BCUT2D eigenvalue weighted by atomic mass is 35.5. The molecule has 6 nitrogen and oxygen atoms in total. The van der Waals surface area contributed by atoms with E-state index in [1.807, 2.05) is 0 Å². The highest BCUT2D eigenvalue weighted by Gasteiger charge is 2.27. The fourth-order valence-corrected chi connectivity index (χ4v) is 3.19. The van der Waals surface area contributed by atoms with Crippen LogP contribution in [0.2, 0.25) is 5.02 Å². The molecule has 0 atom stereocenters. The third-order valence-corrected chi connectivity index (χ3v) is 4.73. The van der Waals surface area contributed by atoms with Gasteiger partial charge in [-0.3, -0.25) is 4.79 Å². The second-order valence-corrected chi connectivity index (χ2v) is 6.57. The summed E-state index contributed by atoms with van der Waals surface area (Å²) in [7, 11) is -3.96. The van der Waals surface area contributed by atoms with E-state index >= 15 is 0 Å². The largest absolute Gasteiger partial charge is 0.480 e. The van der Waals surface area contributed by atoms with Crippen molar-refractivity contribution >= 4 is 27.6 Å². The summed E-state index contributed by atoms with van der Waals surface area (Å²) in [6.45, 7) is -0.823. The molecule has 0 radical (unpaired) electrons. The number of carbonyl (C=O) groups is 1. The second-order valence-electron chi connectivity index (χ2n) is 4.20. The van der Waals surface area contributed by atoms with Crippen LogP contribution in [-0.2, 0) is 21.4 Å². The summed E-state index contributed by atoms with van der Waals surface area (Å²) in [6, 6.07) is 8.69. The molecule has 2 aromatic rings. The van der Waals surface area contributed by atoms with Gasteiger partial charge in [0, 0.05) is 5.02 Å². The molecule has 0 fully saturated rings. The molecule has 1 heterocycles. The molecule has 0 aliphatic heterocycles. The molecule has 8 heteroatoms. The van der Waals surface area contributed by atoms with E-state index in [2.05, 4.69) is 0 Å². The van der Waals surface area contributed by atoms with Crippen LogP contribution in [0.5, 0.6) is 0 Å². The van der Waals surface area contributed by atoms with E-state index in [4.69, 9.17) is 21.1 Å². The Morgan fingerprint density at radius 3 is 2.43 bits per heavy atom. The Hall–Kier alpha value is -1.83. The van der Waals surface area contributed by atoms with Crippen molar-refractivity contribution in [3.8, 4) is 0 Å². The van der Waals surface area contributed by atoms with E-state index in [1.165, 1.54) is 30.5 Å². The molecular formula is C13H12ClNO5S. The van der Waals surface area contributed by atoms with E-state index in [9.17, 15) is 13.2 Å². The number of hydrogen-bond acceptors (Lipinski definition) is 4. The molecule has 112 valence electrons. The number of nitrogens with zero attached hydrogens (tertiary/aromatic N) is 1. The molecule has 0 saturated carbocycles. The normalized spacial score (nSPS) is 11.7. The summed E-state index contributed by atoms with van der Waals surface area (Å²) in [6.07, 6.45) is 1.39. The molecule has 0 amide bonds. The van der Waals surface area contributed by atoms with Crippen molar-refractivity contribution < 1.29 is 22.7 Å². The lowest BCUT2D eigenvalue weighted by Crippen LogP contribution is -2.35. The van der Waals surface area contributed by atoms with Gasteiger partial charge < -0.3 is 9.52 Å². The Morgan fingerprint density at radius 1 is 1.24 bits per heavy atom. The first kappa shape index (κ1) is 15.6. The van der Waals surface area contributed by atoms with Gasteiger partial charge in [-0.15, -0.1) is 0 Å². The Bertz CT molecular complexity index is 710. The highest BCUT2D eigenvalue weighted by Crippen LogP contribution is 2.20. The van der Waals surface area contributed by atoms with Crippen LogP contribution in [0.15, 0.2) is 52.0 Å². The number of halogens is 1. The molecule has 0 aliphatic carbocycles. The van der Waals surface area contributed by atoms with E-state index in [0.29, 0.717) is 10.8 Å². The molecular weight excluding hydrogens is 318 g/mol. The van der Waals surface area contributed by atoms with Gasteiger partial charge in [-0.25, -0.2) is 8.42 Å². The standard InChI is InChI=1S/C13H12ClNO5S/c14-10-3-5-12(6-4-10)21(18,19)15(9-13(16)17)8-11-2-1-7-20-11/h1-7H,8-9H2,(H,16,17). The van der Waals surface area contributed by atoms with Crippen LogP contribution >= 0.6 is 11.6 Å². The van der Waals surface area contributed by atoms with Crippen LogP contribution in [0.4, 0.5) is 0 Å². The van der Waals surface area contributed by atoms with Crippen LogP contribution < -0.4 is 0 Å². The maximum Gasteiger partial charge on any atom is 0.318 e. The van der Waals surface area contributed by atoms with Crippen molar-refractivity contribution in [1.29, 1.82) is 0 Å². The molecule has 0 spiro atoms. The van der Waals surface area contributed by atoms with Gasteiger partial charge in [-0.2, -0.15) is 4.31 Å². The minimum Gasteiger partial charge on any atom is -0.480 e. The number of hydrogen-bond donors (Lipinski definition) is 1. The van der Waals surface area contributed by atoms with Crippen molar-refractivity contribution in [1.82, 2.24) is 4.31 Å². The molecule has 1 N–H and O–H groups in total. The van der Waals surface area contributed by atoms with Crippen molar-refractivity contribution in [2.75, 3.05) is 6.54 Å². The zero-order valence-electron chi connectivity index (χ0n) is 10.8. The van der Waals surface area contributed by atoms with Gasteiger partial charge in [0.15, 0.2) is 0 Å². The molecule has 1 aromatic heterocycles. The maximum atomic E-state index is 12.5. The van der Waals surface area contributed by atoms with Crippen molar-refractivity contribution in [2.24, 2.45) is 0 Å². The van der Waals surface area contributed by atoms with Gasteiger partial charge in [0.2, 0.25) is 10.0 Å². The maximum absolute atomic E-state index is 12.5. The van der Waals surface area contributed by atoms with Gasteiger partial charge in [0.05, 0.1) is 17.7 Å². The van der Waals surface area contributed by atoms with Crippen LogP contribution in [-0.4, -0.2) is 30.3 Å². The van der Waals surface area contributed by atoms with Crippen molar-refractivity contribution in [3.63, 3.8) is 0 Å². The summed E-state index contributed by atoms with van der Waals surface area (Å²) >= 11 is 5.72. The average molecular weight is 330 g/mol. The van der Waals surface area contributed by atoms with Crippen LogP contribution in [0.25, 0.3) is 0 Å². The predicted molar refractivity (Wildman–Crippen MR) is 75.4 cm³/mol. The van der Waals surface area contributed by atoms with Crippen LogP contribution in [0.1, 0.15) is 5.76 Å². The summed E-state index contributed by atoms with van der Waals surface area (Å²) in [5, 5.41) is 9.30. The van der Waals surface area contributed by atoms with E-state index in [0.717, 1.165) is 4.31 Å². The Balaban J connectivity index is 2.34. The minimum atomic E-state index is -3.96. The monoisotopic (exact) mass is 329 g/mol. The number of carboxylic acids is 1. The number of benzene rings is 1. The first-order valence-corrected chi connectivity index (χ1v) is 7.71. The van der Waals surface area contributed by atoms with Crippen LogP contribution in [0.3, 0.4) is 0 Å². The molecule has 2 rings (SSSR count). The third kappa shape index (κ3) is 3.84. The van der Waals surface area contributed by atoms with Gasteiger partial charge in [-0.1, -0.05) is 11.6 Å². The summed E-state index contributed by atoms with van der Waals surface area (Å²) < 4.78 is 30.9. The SMILES string of the molecule is O=C(O)CN(Cc1ccco1)S(=O)(=O)c1ccc(Cl)cc1. The lowest BCUT2D eigenvalue weighted by Gasteiger charge is -2.19. The topological polar surface area (TPSA) is 87.8 Å². The second kappa shape index (κ2) is 6.30. The first-order valence-electron chi connectivity index (χ1n) is 5.89. The Morgan fingerprint density at radius 2 is 1.90 bits per heavy atom. The molecule has 0 aliphatic rings. The van der Waals surface area contributed by atoms with Crippen molar-refractivity contribution in [2.45, 2.75) is 11.4 Å². The predicted octanol–water partition coefficient (Wildman–Crippen LogP) is 2.21. The lowest BCUT2D eigenvalue weighted by atomic mass is 10.4. The summed E-state index contributed by atoms with van der Waals surface area (Å²) in [5.74, 6) is -0.895. The molecule has 0 bridgehead atoms. The highest BCUT2D eigenvalue weighted by molar-refractivity contribution is 7.89. The van der Waals surface area contributed by atoms with Gasteiger partial charge in [0.1, 0.15) is 12.3 Å². The lowest BCUT2D eigenvalue weighted by molar-refractivity contribution is -0.137. The molecule has 0 saturated heterocycles. The molecule has 21 heavy (non-hydrogen) atoms. The molecule has 1 aromatic carbocycles. The fourth-order valence-electron chi connectivity index (χ4n) is 1.71. The minimum absolute atomic E-state index is 0.0280. The summed E-state index contributed by atoms with van der Waals surface area (Å²) in [4.78, 5) is 10.9. The smallest absolute Gasteiger partial charge is 0.318 e. The van der Waals surface area contributed by atoms with E-state index < -0.39 is 22.5 Å². The summed E-state index contributed by atoms with van der Waals surface area (Å²) in [5.41, 5.74) is 0. The van der Waals surface area contributed by atoms with Gasteiger partial charge in [-0.05, 0) is 36.4 Å². The quantitative estimate of drug-likeness (QED) is 0.877. The van der Waals surface area contributed by atoms with Crippen LogP contribution in [0, 0.1) is 0 Å². The molecule has 0 unspecified atom stereocenters. The Kier molecular flexibility index (Phi) is 4.66. The third-order valence-electron chi connectivity index (χ3n) is 2.68. The fraction of sp³-hybridized carbons (Fsp3) is 0.154. The first-order chi connectivity index (χ1) is 9.89. The zero-order chi connectivity index (χ0) is 15.5. The number of furan rings is 1. The van der Waals surface area contributed by atoms with Gasteiger partial charge >= 0.3 is 5.97 Å². The number of rotatable bonds is 6.